The van der Waals surface area contributed by atoms with Crippen molar-refractivity contribution in [2.24, 2.45) is 0 Å². The molecule has 0 N–H and O–H groups in total. The molecule has 1 nitrogen and oxygen atoms in total. The van der Waals surface area contributed by atoms with Gasteiger partial charge in [0.1, 0.15) is 0 Å². The van der Waals surface area contributed by atoms with Gasteiger partial charge in [-0.15, -0.1) is 0 Å². The fraction of sp³-hybridized carbons (Fsp3) is 0.167. The smallest absolute Gasteiger partial charge is 0.163 e. The molecule has 0 fully saturated rings. The van der Waals surface area contributed by atoms with Gasteiger partial charge in [0.15, 0.2) is 5.78 Å². The van der Waals surface area contributed by atoms with E-state index in [-0.39, 0.29) is 11.7 Å². The number of hydrogen-bond acceptors (Lipinski definition) is 1. The van der Waals surface area contributed by atoms with Gasteiger partial charge in [-0.3, -0.25) is 4.79 Å². The third-order valence-corrected chi connectivity index (χ3v) is 6.45. The summed E-state index contributed by atoms with van der Waals surface area (Å²) >= 11 is 0. The Bertz CT molecular complexity index is 1210. The maximum Gasteiger partial charge on any atom is 0.163 e. The molecule has 0 amide bonds. The molecule has 0 saturated carbocycles. The normalized spacial score (nSPS) is 17.1. The predicted octanol–water partition coefficient (Wildman–Crippen LogP) is 7.09. The molecule has 0 bridgehead atoms. The molecule has 1 atom stereocenters. The minimum atomic E-state index is 0.209. The summed E-state index contributed by atoms with van der Waals surface area (Å²) in [6.45, 7) is 2.12. The number of aryl methyl sites for hydroxylation is 1. The Morgan fingerprint density at radius 2 is 1.61 bits per heavy atom. The minimum Gasteiger partial charge on any atom is -0.294 e. The number of hydrogen-bond donors (Lipinski definition) is 0. The quantitative estimate of drug-likeness (QED) is 0.430. The minimum absolute atomic E-state index is 0.209. The second-order valence-electron chi connectivity index (χ2n) is 8.48. The van der Waals surface area contributed by atoms with E-state index in [4.69, 9.17) is 0 Å². The highest BCUT2D eigenvalue weighted by Gasteiger charge is 2.27. The van der Waals surface area contributed by atoms with Crippen LogP contribution in [0.5, 0.6) is 0 Å². The first-order valence-electron chi connectivity index (χ1n) is 11.0. The number of benzene rings is 3. The summed E-state index contributed by atoms with van der Waals surface area (Å²) in [5.41, 5.74) is 9.72. The van der Waals surface area contributed by atoms with Crippen LogP contribution in [0, 0.1) is 6.92 Å². The molecule has 1 unspecified atom stereocenters. The third kappa shape index (κ3) is 3.84. The zero-order valence-electron chi connectivity index (χ0n) is 17.8. The number of rotatable bonds is 6. The standard InChI is InChI=1S/C30H26O/c1-21-11-13-24(14-12-21)30-25(16-18-27(30)22-7-3-2-4-8-22)17-20-29(31)28-19-15-23-9-5-6-10-26(23)28/h2-14,16,18-19,30H,15,17,20H2,1H3. The fourth-order valence-corrected chi connectivity index (χ4v) is 4.80. The van der Waals surface area contributed by atoms with Crippen LogP contribution in [0.4, 0.5) is 0 Å². The van der Waals surface area contributed by atoms with Crippen molar-refractivity contribution in [2.45, 2.75) is 32.1 Å². The van der Waals surface area contributed by atoms with E-state index in [9.17, 15) is 4.79 Å². The summed E-state index contributed by atoms with van der Waals surface area (Å²) < 4.78 is 0. The van der Waals surface area contributed by atoms with E-state index >= 15 is 0 Å². The van der Waals surface area contributed by atoms with Gasteiger partial charge < -0.3 is 0 Å². The summed E-state index contributed by atoms with van der Waals surface area (Å²) in [5.74, 6) is 0.460. The Kier molecular flexibility index (Phi) is 5.26. The fourth-order valence-electron chi connectivity index (χ4n) is 4.80. The maximum absolute atomic E-state index is 13.1. The molecule has 0 aliphatic heterocycles. The molecular formula is C30H26O. The Balaban J connectivity index is 1.37. The summed E-state index contributed by atoms with van der Waals surface area (Å²) in [6.07, 6.45) is 8.77. The van der Waals surface area contributed by atoms with Crippen LogP contribution in [0.3, 0.4) is 0 Å². The van der Waals surface area contributed by atoms with Gasteiger partial charge >= 0.3 is 0 Å². The van der Waals surface area contributed by atoms with E-state index in [1.807, 2.05) is 12.1 Å². The molecule has 5 rings (SSSR count). The van der Waals surface area contributed by atoms with Crippen LogP contribution in [-0.4, -0.2) is 5.78 Å². The number of Topliss-reactive ketones (excluding diaryl/α,β-unsaturated/α-hetero) is 1. The van der Waals surface area contributed by atoms with Crippen LogP contribution < -0.4 is 0 Å². The number of carbonyl (C=O) groups is 1. The van der Waals surface area contributed by atoms with E-state index in [1.165, 1.54) is 33.4 Å². The molecule has 0 saturated heterocycles. The van der Waals surface area contributed by atoms with E-state index in [0.29, 0.717) is 6.42 Å². The molecule has 2 aliphatic carbocycles. The van der Waals surface area contributed by atoms with Crippen LogP contribution in [0.25, 0.3) is 11.1 Å². The second-order valence-corrected chi connectivity index (χ2v) is 8.48. The Morgan fingerprint density at radius 3 is 2.42 bits per heavy atom. The lowest BCUT2D eigenvalue weighted by Gasteiger charge is -2.21. The van der Waals surface area contributed by atoms with Crippen LogP contribution in [0.1, 0.15) is 46.6 Å². The third-order valence-electron chi connectivity index (χ3n) is 6.45. The SMILES string of the molecule is Cc1ccc(C2C(CCC(=O)C3=CCc4ccccc43)=CC=C2c2ccccc2)cc1. The van der Waals surface area contributed by atoms with Crippen LogP contribution in [0.2, 0.25) is 0 Å². The number of ketones is 1. The number of carbonyl (C=O) groups excluding carboxylic acids is 1. The lowest BCUT2D eigenvalue weighted by atomic mass is 9.82. The van der Waals surface area contributed by atoms with E-state index in [1.54, 1.807) is 0 Å². The highest BCUT2D eigenvalue weighted by molar-refractivity contribution is 6.22. The molecule has 2 aliphatic rings. The largest absolute Gasteiger partial charge is 0.294 e. The molecule has 0 aromatic heterocycles. The van der Waals surface area contributed by atoms with E-state index in [2.05, 4.69) is 91.9 Å². The molecule has 31 heavy (non-hydrogen) atoms. The summed E-state index contributed by atoms with van der Waals surface area (Å²) in [7, 11) is 0. The van der Waals surface area contributed by atoms with Gasteiger partial charge in [-0.25, -0.2) is 0 Å². The highest BCUT2D eigenvalue weighted by atomic mass is 16.1. The van der Waals surface area contributed by atoms with Crippen LogP contribution in [-0.2, 0) is 11.2 Å². The van der Waals surface area contributed by atoms with Crippen molar-refractivity contribution < 1.29 is 4.79 Å². The summed E-state index contributed by atoms with van der Waals surface area (Å²) in [5, 5.41) is 0. The highest BCUT2D eigenvalue weighted by Crippen LogP contribution is 2.44. The Morgan fingerprint density at radius 1 is 0.871 bits per heavy atom. The molecule has 1 heteroatoms. The lowest BCUT2D eigenvalue weighted by molar-refractivity contribution is -0.113. The molecule has 3 aromatic rings. The first kappa shape index (κ1) is 19.5. The molecule has 0 spiro atoms. The molecule has 152 valence electrons. The zero-order chi connectivity index (χ0) is 21.2. The molecular weight excluding hydrogens is 376 g/mol. The zero-order valence-corrected chi connectivity index (χ0v) is 17.8. The Hall–Kier alpha value is -3.45. The van der Waals surface area contributed by atoms with Crippen molar-refractivity contribution in [2.75, 3.05) is 0 Å². The van der Waals surface area contributed by atoms with Crippen molar-refractivity contribution in [1.82, 2.24) is 0 Å². The van der Waals surface area contributed by atoms with Crippen molar-refractivity contribution >= 4 is 16.9 Å². The average molecular weight is 403 g/mol. The molecule has 0 heterocycles. The van der Waals surface area contributed by atoms with Crippen molar-refractivity contribution in [3.05, 3.63) is 130 Å². The first-order valence-corrected chi connectivity index (χ1v) is 11.0. The monoisotopic (exact) mass is 402 g/mol. The van der Waals surface area contributed by atoms with E-state index < -0.39 is 0 Å². The van der Waals surface area contributed by atoms with Gasteiger partial charge in [-0.05, 0) is 47.6 Å². The first-order chi connectivity index (χ1) is 15.2. The Labute approximate surface area is 184 Å². The van der Waals surface area contributed by atoms with Gasteiger partial charge in [-0.1, -0.05) is 108 Å². The topological polar surface area (TPSA) is 17.1 Å². The van der Waals surface area contributed by atoms with Gasteiger partial charge in [-0.2, -0.15) is 0 Å². The average Bonchev–Trinajstić information content (AvgIpc) is 3.43. The van der Waals surface area contributed by atoms with Gasteiger partial charge in [0, 0.05) is 17.9 Å². The molecule has 0 radical (unpaired) electrons. The van der Waals surface area contributed by atoms with Crippen molar-refractivity contribution in [1.29, 1.82) is 0 Å². The van der Waals surface area contributed by atoms with Gasteiger partial charge in [0.05, 0.1) is 0 Å². The summed E-state index contributed by atoms with van der Waals surface area (Å²) in [6, 6.07) is 27.7. The number of fused-ring (bicyclic) bond motifs is 1. The summed E-state index contributed by atoms with van der Waals surface area (Å²) in [4.78, 5) is 13.1. The predicted molar refractivity (Wildman–Crippen MR) is 129 cm³/mol. The number of allylic oxidation sites excluding steroid dienone is 6. The van der Waals surface area contributed by atoms with Crippen LogP contribution in [0.15, 0.2) is 103 Å². The van der Waals surface area contributed by atoms with E-state index in [0.717, 1.165) is 24.0 Å². The lowest BCUT2D eigenvalue weighted by Crippen LogP contribution is -2.06. The van der Waals surface area contributed by atoms with Crippen molar-refractivity contribution in [3.8, 4) is 0 Å². The second kappa shape index (κ2) is 8.35. The van der Waals surface area contributed by atoms with Crippen molar-refractivity contribution in [3.63, 3.8) is 0 Å². The van der Waals surface area contributed by atoms with Crippen LogP contribution >= 0.6 is 0 Å². The van der Waals surface area contributed by atoms with Gasteiger partial charge in [0.25, 0.3) is 0 Å². The van der Waals surface area contributed by atoms with Gasteiger partial charge in [0.2, 0.25) is 0 Å². The maximum atomic E-state index is 13.1. The molecule has 3 aromatic carbocycles.